The molecule has 0 N–H and O–H groups in total. The number of anilines is 1. The molecular formula is C23H20N4O5S2. The van der Waals surface area contributed by atoms with E-state index in [1.807, 2.05) is 19.9 Å². The van der Waals surface area contributed by atoms with Crippen molar-refractivity contribution in [3.63, 3.8) is 0 Å². The Morgan fingerprint density at radius 3 is 2.50 bits per heavy atom. The second-order valence-corrected chi connectivity index (χ2v) is 9.42. The van der Waals surface area contributed by atoms with Gasteiger partial charge in [0.05, 0.1) is 39.4 Å². The minimum absolute atomic E-state index is 0.00727. The van der Waals surface area contributed by atoms with E-state index < -0.39 is 10.8 Å². The van der Waals surface area contributed by atoms with Crippen LogP contribution in [0.15, 0.2) is 59.7 Å². The van der Waals surface area contributed by atoms with Crippen molar-refractivity contribution in [1.29, 1.82) is 0 Å². The Morgan fingerprint density at radius 2 is 1.85 bits per heavy atom. The van der Waals surface area contributed by atoms with Crippen LogP contribution in [0, 0.1) is 10.1 Å². The number of thiazole rings is 1. The Morgan fingerprint density at radius 1 is 1.12 bits per heavy atom. The average molecular weight is 497 g/mol. The zero-order chi connectivity index (χ0) is 24.2. The van der Waals surface area contributed by atoms with E-state index >= 15 is 0 Å². The molecule has 0 atom stereocenters. The maximum atomic E-state index is 13.4. The van der Waals surface area contributed by atoms with Crippen LogP contribution in [0.1, 0.15) is 29.1 Å². The Hall–Kier alpha value is -3.83. The van der Waals surface area contributed by atoms with Crippen molar-refractivity contribution in [1.82, 2.24) is 4.98 Å². The van der Waals surface area contributed by atoms with Gasteiger partial charge in [-0.25, -0.2) is 4.98 Å². The first-order valence-corrected chi connectivity index (χ1v) is 11.8. The molecule has 0 spiro atoms. The number of ether oxygens (including phenoxy) is 2. The van der Waals surface area contributed by atoms with E-state index in [-0.39, 0.29) is 11.1 Å². The Bertz CT molecular complexity index is 1360. The number of aromatic nitrogens is 1. The van der Waals surface area contributed by atoms with Crippen molar-refractivity contribution in [2.45, 2.75) is 20.0 Å². The standard InChI is InChI=1S/C23H20N4O5S2/c1-14(2)32-16-6-4-15(5-7-16)22(28)26(24-13-18-9-11-21(33-18)27(29)30)23-25-19-10-8-17(31-3)12-20(19)34-23/h4-14H,1-3H3/b24-13+. The fourth-order valence-electron chi connectivity index (χ4n) is 2.99. The number of hydrazone groups is 1. The van der Waals surface area contributed by atoms with Gasteiger partial charge in [-0.2, -0.15) is 10.1 Å². The molecule has 0 radical (unpaired) electrons. The summed E-state index contributed by atoms with van der Waals surface area (Å²) in [6.45, 7) is 3.85. The largest absolute Gasteiger partial charge is 0.497 e. The number of carbonyl (C=O) groups is 1. The molecular weight excluding hydrogens is 476 g/mol. The lowest BCUT2D eigenvalue weighted by atomic mass is 10.2. The van der Waals surface area contributed by atoms with Crippen LogP contribution in [0.25, 0.3) is 10.2 Å². The van der Waals surface area contributed by atoms with Crippen molar-refractivity contribution in [3.05, 3.63) is 75.2 Å². The van der Waals surface area contributed by atoms with Crippen molar-refractivity contribution >= 4 is 55.1 Å². The highest BCUT2D eigenvalue weighted by Crippen LogP contribution is 2.33. The number of rotatable bonds is 8. The van der Waals surface area contributed by atoms with Crippen molar-refractivity contribution in [2.75, 3.05) is 12.1 Å². The lowest BCUT2D eigenvalue weighted by molar-refractivity contribution is -0.380. The highest BCUT2D eigenvalue weighted by atomic mass is 32.1. The summed E-state index contributed by atoms with van der Waals surface area (Å²) in [6.07, 6.45) is 1.43. The van der Waals surface area contributed by atoms with Gasteiger partial charge >= 0.3 is 5.00 Å². The second-order valence-electron chi connectivity index (χ2n) is 7.32. The molecule has 11 heteroatoms. The summed E-state index contributed by atoms with van der Waals surface area (Å²) >= 11 is 2.25. The number of nitrogens with zero attached hydrogens (tertiary/aromatic N) is 4. The molecule has 0 fully saturated rings. The number of benzene rings is 2. The molecule has 0 aliphatic rings. The fraction of sp³-hybridized carbons (Fsp3) is 0.174. The molecule has 4 aromatic rings. The van der Waals surface area contributed by atoms with Gasteiger partial charge in [0, 0.05) is 11.6 Å². The molecule has 174 valence electrons. The van der Waals surface area contributed by atoms with Gasteiger partial charge in [0.1, 0.15) is 11.5 Å². The molecule has 2 aromatic heterocycles. The van der Waals surface area contributed by atoms with E-state index in [1.165, 1.54) is 28.6 Å². The van der Waals surface area contributed by atoms with E-state index in [2.05, 4.69) is 10.1 Å². The van der Waals surface area contributed by atoms with Gasteiger partial charge < -0.3 is 9.47 Å². The van der Waals surface area contributed by atoms with E-state index in [0.717, 1.165) is 16.0 Å². The zero-order valence-electron chi connectivity index (χ0n) is 18.5. The normalized spacial score (nSPS) is 11.3. The Labute approximate surface area is 203 Å². The number of methoxy groups -OCH3 is 1. The predicted molar refractivity (Wildman–Crippen MR) is 134 cm³/mol. The number of carbonyl (C=O) groups excluding carboxylic acids is 1. The van der Waals surface area contributed by atoms with Gasteiger partial charge in [-0.1, -0.05) is 22.7 Å². The summed E-state index contributed by atoms with van der Waals surface area (Å²) in [5.41, 5.74) is 1.09. The molecule has 1 amide bonds. The van der Waals surface area contributed by atoms with Crippen LogP contribution in [-0.4, -0.2) is 35.2 Å². The van der Waals surface area contributed by atoms with Crippen LogP contribution >= 0.6 is 22.7 Å². The maximum absolute atomic E-state index is 13.4. The van der Waals surface area contributed by atoms with Crippen molar-refractivity contribution in [3.8, 4) is 11.5 Å². The third-order valence-corrected chi connectivity index (χ3v) is 6.49. The maximum Gasteiger partial charge on any atom is 0.324 e. The van der Waals surface area contributed by atoms with Gasteiger partial charge in [-0.05, 0) is 62.4 Å². The lowest BCUT2D eigenvalue weighted by Gasteiger charge is -2.14. The SMILES string of the molecule is COc1ccc2nc(N(/N=C/c3ccc([N+](=O)[O-])s3)C(=O)c3ccc(OC(C)C)cc3)sc2c1. The Kier molecular flexibility index (Phi) is 6.85. The predicted octanol–water partition coefficient (Wildman–Crippen LogP) is 5.74. The van der Waals surface area contributed by atoms with Crippen molar-refractivity contribution < 1.29 is 19.2 Å². The molecule has 0 aliphatic carbocycles. The van der Waals surface area contributed by atoms with Crippen LogP contribution in [-0.2, 0) is 0 Å². The molecule has 0 bridgehead atoms. The number of thiophene rings is 1. The van der Waals surface area contributed by atoms with E-state index in [9.17, 15) is 14.9 Å². The van der Waals surface area contributed by atoms with E-state index in [1.54, 1.807) is 49.6 Å². The first kappa shape index (κ1) is 23.3. The average Bonchev–Trinajstić information content (AvgIpc) is 3.46. The molecule has 4 rings (SSSR count). The van der Waals surface area contributed by atoms with Gasteiger partial charge in [0.2, 0.25) is 5.13 Å². The molecule has 9 nitrogen and oxygen atoms in total. The first-order chi connectivity index (χ1) is 16.3. The molecule has 0 unspecified atom stereocenters. The number of nitro groups is 1. The molecule has 0 saturated heterocycles. The van der Waals surface area contributed by atoms with Crippen molar-refractivity contribution in [2.24, 2.45) is 5.10 Å². The quantitative estimate of drug-likeness (QED) is 0.175. The monoisotopic (exact) mass is 496 g/mol. The lowest BCUT2D eigenvalue weighted by Crippen LogP contribution is -2.25. The van der Waals surface area contributed by atoms with Crippen LogP contribution in [0.2, 0.25) is 0 Å². The zero-order valence-corrected chi connectivity index (χ0v) is 20.1. The third kappa shape index (κ3) is 5.21. The fourth-order valence-corrected chi connectivity index (χ4v) is 4.63. The number of hydrogen-bond donors (Lipinski definition) is 0. The second kappa shape index (κ2) is 9.98. The highest BCUT2D eigenvalue weighted by Gasteiger charge is 2.22. The highest BCUT2D eigenvalue weighted by molar-refractivity contribution is 7.22. The molecule has 34 heavy (non-hydrogen) atoms. The molecule has 0 saturated carbocycles. The summed E-state index contributed by atoms with van der Waals surface area (Å²) in [5.74, 6) is 0.930. The number of fused-ring (bicyclic) bond motifs is 1. The third-order valence-electron chi connectivity index (χ3n) is 4.52. The smallest absolute Gasteiger partial charge is 0.324 e. The molecule has 2 heterocycles. The summed E-state index contributed by atoms with van der Waals surface area (Å²) in [4.78, 5) is 29.0. The van der Waals surface area contributed by atoms with Gasteiger partial charge in [-0.15, -0.1) is 0 Å². The summed E-state index contributed by atoms with van der Waals surface area (Å²) < 4.78 is 11.8. The molecule has 0 aliphatic heterocycles. The summed E-state index contributed by atoms with van der Waals surface area (Å²) in [5, 5.41) is 16.9. The van der Waals surface area contributed by atoms with Crippen LogP contribution in [0.5, 0.6) is 11.5 Å². The summed E-state index contributed by atoms with van der Waals surface area (Å²) in [7, 11) is 1.58. The number of amides is 1. The number of hydrogen-bond acceptors (Lipinski definition) is 9. The minimum Gasteiger partial charge on any atom is -0.497 e. The Balaban J connectivity index is 1.70. The van der Waals surface area contributed by atoms with Crippen LogP contribution in [0.3, 0.4) is 0 Å². The van der Waals surface area contributed by atoms with E-state index in [4.69, 9.17) is 9.47 Å². The minimum atomic E-state index is -0.466. The summed E-state index contributed by atoms with van der Waals surface area (Å²) in [6, 6.07) is 15.2. The first-order valence-electron chi connectivity index (χ1n) is 10.2. The van der Waals surface area contributed by atoms with Crippen LogP contribution < -0.4 is 14.5 Å². The molecule has 2 aromatic carbocycles. The topological polar surface area (TPSA) is 107 Å². The van der Waals surface area contributed by atoms with Crippen LogP contribution in [0.4, 0.5) is 10.1 Å². The van der Waals surface area contributed by atoms with Gasteiger partial charge in [0.25, 0.3) is 5.91 Å². The van der Waals surface area contributed by atoms with Gasteiger partial charge in [-0.3, -0.25) is 14.9 Å². The van der Waals surface area contributed by atoms with E-state index in [0.29, 0.717) is 32.6 Å². The van der Waals surface area contributed by atoms with Gasteiger partial charge in [0.15, 0.2) is 0 Å².